The maximum absolute atomic E-state index is 13.3. The lowest BCUT2D eigenvalue weighted by Gasteiger charge is -2.43. The van der Waals surface area contributed by atoms with Crippen LogP contribution in [0.3, 0.4) is 0 Å². The van der Waals surface area contributed by atoms with Gasteiger partial charge in [0.15, 0.2) is 5.13 Å². The fraction of sp³-hybridized carbons (Fsp3) is 0.500. The first kappa shape index (κ1) is 24.3. The van der Waals surface area contributed by atoms with Gasteiger partial charge in [0.25, 0.3) is 10.2 Å². The van der Waals surface area contributed by atoms with Crippen molar-refractivity contribution in [2.75, 3.05) is 30.8 Å². The van der Waals surface area contributed by atoms with Crippen molar-refractivity contribution >= 4 is 49.3 Å². The molecule has 5 heterocycles. The molecule has 3 fully saturated rings. The van der Waals surface area contributed by atoms with E-state index in [1.165, 1.54) is 4.31 Å². The van der Waals surface area contributed by atoms with E-state index >= 15 is 0 Å². The van der Waals surface area contributed by atoms with E-state index in [0.717, 1.165) is 33.8 Å². The highest BCUT2D eigenvalue weighted by molar-refractivity contribution is 7.86. The Kier molecular flexibility index (Phi) is 6.15. The number of piperidine rings is 1. The van der Waals surface area contributed by atoms with E-state index in [1.807, 2.05) is 31.3 Å². The van der Waals surface area contributed by atoms with Gasteiger partial charge in [0.2, 0.25) is 5.95 Å². The number of nitrogens with one attached hydrogen (secondary N) is 2. The molecule has 2 N–H and O–H groups in total. The molecule has 3 aliphatic heterocycles. The molecule has 3 atom stereocenters. The Balaban J connectivity index is 1.23. The molecule has 1 unspecified atom stereocenters. The lowest BCUT2D eigenvalue weighted by Crippen LogP contribution is -2.59. The number of hydrogen-bond donors (Lipinski definition) is 2. The number of fused-ring (bicyclic) bond motifs is 3. The molecular formula is C24H28N8O3S2. The van der Waals surface area contributed by atoms with Gasteiger partial charge in [0.05, 0.1) is 24.6 Å². The molecule has 1 aromatic carbocycles. The van der Waals surface area contributed by atoms with E-state index in [1.54, 1.807) is 22.8 Å². The number of nitriles is 1. The number of aromatic nitrogens is 3. The fourth-order valence-electron chi connectivity index (χ4n) is 5.56. The van der Waals surface area contributed by atoms with Gasteiger partial charge in [-0.3, -0.25) is 0 Å². The van der Waals surface area contributed by atoms with Crippen molar-refractivity contribution in [3.05, 3.63) is 29.3 Å². The average molecular weight is 541 g/mol. The van der Waals surface area contributed by atoms with Crippen LogP contribution in [-0.4, -0.2) is 70.3 Å². The van der Waals surface area contributed by atoms with E-state index in [-0.39, 0.29) is 24.0 Å². The van der Waals surface area contributed by atoms with Crippen LogP contribution in [0.1, 0.15) is 30.6 Å². The minimum absolute atomic E-state index is 0.0465. The molecule has 194 valence electrons. The molecule has 2 bridgehead atoms. The Morgan fingerprint density at radius 2 is 1.95 bits per heavy atom. The summed E-state index contributed by atoms with van der Waals surface area (Å²) in [5.74, 6) is 1.63. The number of thiazole rings is 1. The van der Waals surface area contributed by atoms with Crippen LogP contribution in [0.5, 0.6) is 5.75 Å². The number of benzene rings is 1. The number of anilines is 3. The summed E-state index contributed by atoms with van der Waals surface area (Å²) in [6.45, 7) is 2.59. The van der Waals surface area contributed by atoms with E-state index < -0.39 is 10.2 Å². The Morgan fingerprint density at radius 1 is 1.19 bits per heavy atom. The third-order valence-electron chi connectivity index (χ3n) is 7.37. The lowest BCUT2D eigenvalue weighted by atomic mass is 10.00. The van der Waals surface area contributed by atoms with Gasteiger partial charge in [-0.15, -0.1) is 11.3 Å². The summed E-state index contributed by atoms with van der Waals surface area (Å²) in [6, 6.07) is 7.74. The van der Waals surface area contributed by atoms with Crippen LogP contribution in [0.15, 0.2) is 24.4 Å². The maximum Gasteiger partial charge on any atom is 0.282 e. The number of nitrogens with zero attached hydrogens (tertiary/aromatic N) is 6. The molecule has 3 aromatic rings. The van der Waals surface area contributed by atoms with Crippen LogP contribution < -0.4 is 15.4 Å². The Morgan fingerprint density at radius 3 is 2.59 bits per heavy atom. The maximum atomic E-state index is 13.3. The number of methoxy groups -OCH3 is 1. The standard InChI is InChI=1S/C24H28N8O3S2/c1-14-11-26-24(36-14)30-22-20-6-5-19(35-2)9-21(20)28-23(29-22)27-16-7-17-3-4-18(8-16)32(17)37(33,34)31-12-15(10-25)13-31/h5-6,9,11,15-18H,3-4,7-8,12-13H2,1-2H3,(H2,26,27,28,29,30)/t16?,17-,18+. The molecule has 0 amide bonds. The monoisotopic (exact) mass is 540 g/mol. The van der Waals surface area contributed by atoms with E-state index in [0.29, 0.717) is 43.4 Å². The highest BCUT2D eigenvalue weighted by atomic mass is 32.2. The fourth-order valence-corrected chi connectivity index (χ4v) is 8.37. The van der Waals surface area contributed by atoms with Crippen LogP contribution in [0.4, 0.5) is 16.9 Å². The van der Waals surface area contributed by atoms with Gasteiger partial charge in [0.1, 0.15) is 11.6 Å². The first-order chi connectivity index (χ1) is 17.8. The summed E-state index contributed by atoms with van der Waals surface area (Å²) in [5.41, 5.74) is 0.737. The smallest absolute Gasteiger partial charge is 0.282 e. The van der Waals surface area contributed by atoms with Crippen molar-refractivity contribution in [1.29, 1.82) is 5.26 Å². The third kappa shape index (κ3) is 4.48. The van der Waals surface area contributed by atoms with Gasteiger partial charge >= 0.3 is 0 Å². The van der Waals surface area contributed by atoms with Crippen LogP contribution in [0.2, 0.25) is 0 Å². The number of aryl methyl sites for hydroxylation is 1. The summed E-state index contributed by atoms with van der Waals surface area (Å²) in [4.78, 5) is 15.1. The highest BCUT2D eigenvalue weighted by Gasteiger charge is 2.51. The van der Waals surface area contributed by atoms with Gasteiger partial charge < -0.3 is 15.4 Å². The SMILES string of the molecule is COc1ccc2c(Nc3ncc(C)s3)nc(NC3C[C@H]4CC[C@@H](C3)N4S(=O)(=O)N3CC(C#N)C3)nc2c1. The molecule has 3 aliphatic rings. The number of rotatable bonds is 7. The second kappa shape index (κ2) is 9.36. The molecular weight excluding hydrogens is 512 g/mol. The zero-order valence-electron chi connectivity index (χ0n) is 20.6. The molecule has 0 aliphatic carbocycles. The lowest BCUT2D eigenvalue weighted by molar-refractivity contribution is 0.182. The molecule has 2 aromatic heterocycles. The van der Waals surface area contributed by atoms with Crippen molar-refractivity contribution in [3.8, 4) is 11.8 Å². The zero-order valence-corrected chi connectivity index (χ0v) is 22.2. The van der Waals surface area contributed by atoms with E-state index in [9.17, 15) is 8.42 Å². The summed E-state index contributed by atoms with van der Waals surface area (Å²) in [6.07, 6.45) is 4.85. The molecule has 0 spiro atoms. The largest absolute Gasteiger partial charge is 0.497 e. The molecule has 0 radical (unpaired) electrons. The predicted molar refractivity (Wildman–Crippen MR) is 141 cm³/mol. The van der Waals surface area contributed by atoms with Gasteiger partial charge in [0, 0.05) is 53.7 Å². The molecule has 13 heteroatoms. The average Bonchev–Trinajstić information content (AvgIpc) is 3.38. The Bertz CT molecular complexity index is 1470. The van der Waals surface area contributed by atoms with Crippen LogP contribution in [0, 0.1) is 24.2 Å². The normalized spacial score (nSPS) is 24.5. The molecule has 11 nitrogen and oxygen atoms in total. The summed E-state index contributed by atoms with van der Waals surface area (Å²) < 4.78 is 35.1. The van der Waals surface area contributed by atoms with Gasteiger partial charge in [-0.25, -0.2) is 9.97 Å². The summed E-state index contributed by atoms with van der Waals surface area (Å²) >= 11 is 1.55. The highest BCUT2D eigenvalue weighted by Crippen LogP contribution is 2.41. The van der Waals surface area contributed by atoms with Crippen molar-refractivity contribution < 1.29 is 13.2 Å². The van der Waals surface area contributed by atoms with Crippen molar-refractivity contribution in [3.63, 3.8) is 0 Å². The van der Waals surface area contributed by atoms with Gasteiger partial charge in [-0.1, -0.05) is 0 Å². The third-order valence-corrected chi connectivity index (χ3v) is 10.3. The van der Waals surface area contributed by atoms with Crippen molar-refractivity contribution in [2.24, 2.45) is 5.92 Å². The van der Waals surface area contributed by atoms with Crippen LogP contribution in [0.25, 0.3) is 10.9 Å². The summed E-state index contributed by atoms with van der Waals surface area (Å²) in [5, 5.41) is 17.5. The molecule has 6 rings (SSSR count). The second-order valence-electron chi connectivity index (χ2n) is 9.86. The van der Waals surface area contributed by atoms with Crippen molar-refractivity contribution in [1.82, 2.24) is 23.6 Å². The quantitative estimate of drug-likeness (QED) is 0.463. The number of ether oxygens (including phenoxy) is 1. The first-order valence-electron chi connectivity index (χ1n) is 12.3. The molecule has 37 heavy (non-hydrogen) atoms. The van der Waals surface area contributed by atoms with Gasteiger partial charge in [-0.05, 0) is 44.7 Å². The van der Waals surface area contributed by atoms with Gasteiger partial charge in [-0.2, -0.15) is 27.3 Å². The number of hydrogen-bond acceptors (Lipinski definition) is 10. The Hall–Kier alpha value is -3.05. The second-order valence-corrected chi connectivity index (χ2v) is 12.9. The first-order valence-corrected chi connectivity index (χ1v) is 14.6. The van der Waals surface area contributed by atoms with E-state index in [4.69, 9.17) is 20.0 Å². The minimum Gasteiger partial charge on any atom is -0.497 e. The summed E-state index contributed by atoms with van der Waals surface area (Å²) in [7, 11) is -1.93. The topological polar surface area (TPSA) is 136 Å². The molecule has 0 saturated carbocycles. The zero-order chi connectivity index (χ0) is 25.7. The minimum atomic E-state index is -3.55. The van der Waals surface area contributed by atoms with Crippen LogP contribution in [-0.2, 0) is 10.2 Å². The molecule has 3 saturated heterocycles. The Labute approximate surface area is 219 Å². The van der Waals surface area contributed by atoms with Crippen LogP contribution >= 0.6 is 11.3 Å². The van der Waals surface area contributed by atoms with E-state index in [2.05, 4.69) is 21.7 Å². The predicted octanol–water partition coefficient (Wildman–Crippen LogP) is 3.25. The van der Waals surface area contributed by atoms with Crippen molar-refractivity contribution in [2.45, 2.75) is 50.7 Å².